The van der Waals surface area contributed by atoms with E-state index in [1.807, 2.05) is 0 Å². The Kier molecular flexibility index (Phi) is 6.46. The van der Waals surface area contributed by atoms with E-state index in [-0.39, 0.29) is 11.9 Å². The second kappa shape index (κ2) is 8.24. The predicted molar refractivity (Wildman–Crippen MR) is 101 cm³/mol. The van der Waals surface area contributed by atoms with Gasteiger partial charge in [0.25, 0.3) is 0 Å². The SMILES string of the molecule is CCCC(C)(C)C1CCC2(CC1)OCC(CCN1CCOC(C)C1)O2. The maximum absolute atomic E-state index is 6.45. The van der Waals surface area contributed by atoms with Crippen LogP contribution in [0.4, 0.5) is 0 Å². The molecule has 2 aliphatic heterocycles. The zero-order chi connectivity index (χ0) is 17.9. The summed E-state index contributed by atoms with van der Waals surface area (Å²) < 4.78 is 18.3. The van der Waals surface area contributed by atoms with Crippen LogP contribution in [0, 0.1) is 11.3 Å². The van der Waals surface area contributed by atoms with Crippen LogP contribution in [0.15, 0.2) is 0 Å². The van der Waals surface area contributed by atoms with E-state index in [2.05, 4.69) is 32.6 Å². The number of hydrogen-bond donors (Lipinski definition) is 0. The highest BCUT2D eigenvalue weighted by atomic mass is 16.7. The molecule has 0 amide bonds. The molecule has 4 nitrogen and oxygen atoms in total. The van der Waals surface area contributed by atoms with Crippen molar-refractivity contribution in [1.29, 1.82) is 0 Å². The van der Waals surface area contributed by atoms with Gasteiger partial charge in [0.15, 0.2) is 5.79 Å². The number of hydrogen-bond acceptors (Lipinski definition) is 4. The smallest absolute Gasteiger partial charge is 0.168 e. The van der Waals surface area contributed by atoms with Crippen LogP contribution >= 0.6 is 0 Å². The first-order valence-electron chi connectivity index (χ1n) is 10.6. The van der Waals surface area contributed by atoms with Crippen molar-refractivity contribution in [3.8, 4) is 0 Å². The number of ether oxygens (including phenoxy) is 3. The van der Waals surface area contributed by atoms with Crippen LogP contribution in [0.1, 0.15) is 72.6 Å². The van der Waals surface area contributed by atoms with Gasteiger partial charge in [-0.2, -0.15) is 0 Å². The van der Waals surface area contributed by atoms with Crippen molar-refractivity contribution in [3.63, 3.8) is 0 Å². The third kappa shape index (κ3) is 4.97. The van der Waals surface area contributed by atoms with Crippen LogP contribution in [0.25, 0.3) is 0 Å². The van der Waals surface area contributed by atoms with E-state index >= 15 is 0 Å². The van der Waals surface area contributed by atoms with Crippen molar-refractivity contribution in [3.05, 3.63) is 0 Å². The molecule has 0 radical (unpaired) electrons. The Morgan fingerprint density at radius 3 is 2.64 bits per heavy atom. The lowest BCUT2D eigenvalue weighted by molar-refractivity contribution is -0.198. The first kappa shape index (κ1) is 19.6. The molecule has 1 spiro atoms. The molecule has 2 heterocycles. The fraction of sp³-hybridized carbons (Fsp3) is 1.00. The first-order chi connectivity index (χ1) is 11.9. The Hall–Kier alpha value is -0.160. The van der Waals surface area contributed by atoms with Crippen molar-refractivity contribution >= 4 is 0 Å². The van der Waals surface area contributed by atoms with Gasteiger partial charge in [0.2, 0.25) is 0 Å². The summed E-state index contributed by atoms with van der Waals surface area (Å²) in [4.78, 5) is 2.51. The van der Waals surface area contributed by atoms with Gasteiger partial charge in [-0.05, 0) is 43.9 Å². The van der Waals surface area contributed by atoms with E-state index in [1.165, 1.54) is 25.7 Å². The van der Waals surface area contributed by atoms with E-state index in [0.717, 1.165) is 58.0 Å². The highest BCUT2D eigenvalue weighted by Gasteiger charge is 2.46. The number of rotatable bonds is 6. The van der Waals surface area contributed by atoms with Gasteiger partial charge >= 0.3 is 0 Å². The summed E-state index contributed by atoms with van der Waals surface area (Å²) >= 11 is 0. The minimum absolute atomic E-state index is 0.262. The third-order valence-electron chi connectivity index (χ3n) is 6.75. The molecule has 1 saturated carbocycles. The molecule has 0 aromatic rings. The monoisotopic (exact) mass is 353 g/mol. The van der Waals surface area contributed by atoms with E-state index in [1.54, 1.807) is 0 Å². The molecule has 0 aromatic heterocycles. The van der Waals surface area contributed by atoms with Crippen LogP contribution in [0.5, 0.6) is 0 Å². The molecule has 4 heteroatoms. The lowest BCUT2D eigenvalue weighted by Crippen LogP contribution is -2.42. The van der Waals surface area contributed by atoms with E-state index in [0.29, 0.717) is 11.5 Å². The molecular weight excluding hydrogens is 314 g/mol. The molecule has 146 valence electrons. The highest BCUT2D eigenvalue weighted by Crippen LogP contribution is 2.47. The van der Waals surface area contributed by atoms with Crippen LogP contribution in [0.2, 0.25) is 0 Å². The van der Waals surface area contributed by atoms with Crippen molar-refractivity contribution in [2.75, 3.05) is 32.8 Å². The number of morpholine rings is 1. The Bertz CT molecular complexity index is 417. The van der Waals surface area contributed by atoms with Gasteiger partial charge < -0.3 is 14.2 Å². The average molecular weight is 354 g/mol. The molecule has 2 unspecified atom stereocenters. The fourth-order valence-electron chi connectivity index (χ4n) is 5.13. The largest absolute Gasteiger partial charge is 0.376 e. The minimum Gasteiger partial charge on any atom is -0.376 e. The molecule has 2 saturated heterocycles. The van der Waals surface area contributed by atoms with Crippen LogP contribution in [-0.2, 0) is 14.2 Å². The Balaban J connectivity index is 1.42. The van der Waals surface area contributed by atoms with Gasteiger partial charge in [0.1, 0.15) is 0 Å². The highest BCUT2D eigenvalue weighted by molar-refractivity contribution is 4.90. The molecule has 0 bridgehead atoms. The lowest BCUT2D eigenvalue weighted by atomic mass is 9.68. The summed E-state index contributed by atoms with van der Waals surface area (Å²) in [6.45, 7) is 14.2. The molecular formula is C21H39NO3. The predicted octanol–water partition coefficient (Wildman–Crippen LogP) is 4.23. The summed E-state index contributed by atoms with van der Waals surface area (Å²) in [6, 6.07) is 0. The summed E-state index contributed by atoms with van der Waals surface area (Å²) in [5.74, 6) is 0.557. The average Bonchev–Trinajstić information content (AvgIpc) is 2.96. The van der Waals surface area contributed by atoms with Crippen molar-refractivity contribution < 1.29 is 14.2 Å². The molecule has 3 aliphatic rings. The van der Waals surface area contributed by atoms with E-state index in [9.17, 15) is 0 Å². The second-order valence-corrected chi connectivity index (χ2v) is 9.25. The first-order valence-corrected chi connectivity index (χ1v) is 10.6. The van der Waals surface area contributed by atoms with Crippen LogP contribution < -0.4 is 0 Å². The van der Waals surface area contributed by atoms with E-state index in [4.69, 9.17) is 14.2 Å². The molecule has 0 aromatic carbocycles. The summed E-state index contributed by atoms with van der Waals surface area (Å²) in [5.41, 5.74) is 0.460. The van der Waals surface area contributed by atoms with Gasteiger partial charge in [-0.3, -0.25) is 4.90 Å². The standard InChI is InChI=1S/C21H39NO3/c1-5-9-20(3,4)18-6-10-21(11-7-18)24-16-19(25-21)8-12-22-13-14-23-17(2)15-22/h17-19H,5-16H2,1-4H3. The quantitative estimate of drug-likeness (QED) is 0.715. The van der Waals surface area contributed by atoms with E-state index < -0.39 is 0 Å². The molecule has 2 atom stereocenters. The topological polar surface area (TPSA) is 30.9 Å². The maximum Gasteiger partial charge on any atom is 0.168 e. The maximum atomic E-state index is 6.45. The van der Waals surface area contributed by atoms with Crippen molar-refractivity contribution in [2.24, 2.45) is 11.3 Å². The van der Waals surface area contributed by atoms with Gasteiger partial charge in [-0.25, -0.2) is 0 Å². The summed E-state index contributed by atoms with van der Waals surface area (Å²) in [7, 11) is 0. The van der Waals surface area contributed by atoms with Crippen molar-refractivity contribution in [1.82, 2.24) is 4.90 Å². The summed E-state index contributed by atoms with van der Waals surface area (Å²) in [5, 5.41) is 0. The van der Waals surface area contributed by atoms with Gasteiger partial charge in [0, 0.05) is 32.5 Å². The lowest BCUT2D eigenvalue weighted by Gasteiger charge is -2.42. The Morgan fingerprint density at radius 1 is 1.20 bits per heavy atom. The fourth-order valence-corrected chi connectivity index (χ4v) is 5.13. The normalized spacial score (nSPS) is 37.7. The molecule has 1 aliphatic carbocycles. The van der Waals surface area contributed by atoms with Crippen LogP contribution in [-0.4, -0.2) is 55.7 Å². The number of nitrogens with zero attached hydrogens (tertiary/aromatic N) is 1. The van der Waals surface area contributed by atoms with Gasteiger partial charge in [0.05, 0.1) is 25.4 Å². The van der Waals surface area contributed by atoms with Gasteiger partial charge in [-0.1, -0.05) is 27.2 Å². The second-order valence-electron chi connectivity index (χ2n) is 9.25. The zero-order valence-corrected chi connectivity index (χ0v) is 16.9. The molecule has 25 heavy (non-hydrogen) atoms. The molecule has 0 N–H and O–H groups in total. The third-order valence-corrected chi connectivity index (χ3v) is 6.75. The molecule has 3 rings (SSSR count). The van der Waals surface area contributed by atoms with Gasteiger partial charge in [-0.15, -0.1) is 0 Å². The Labute approximate surface area is 154 Å². The van der Waals surface area contributed by atoms with Crippen molar-refractivity contribution in [2.45, 2.75) is 90.6 Å². The minimum atomic E-state index is -0.262. The van der Waals surface area contributed by atoms with Crippen LogP contribution in [0.3, 0.4) is 0 Å². The summed E-state index contributed by atoms with van der Waals surface area (Å²) in [6.07, 6.45) is 8.99. The zero-order valence-electron chi connectivity index (χ0n) is 16.9. The Morgan fingerprint density at radius 2 is 1.96 bits per heavy atom. The molecule has 3 fully saturated rings.